The van der Waals surface area contributed by atoms with E-state index in [1.54, 1.807) is 0 Å². The van der Waals surface area contributed by atoms with Crippen LogP contribution < -0.4 is 0 Å². The van der Waals surface area contributed by atoms with E-state index in [4.69, 9.17) is 4.53 Å². The van der Waals surface area contributed by atoms with Crippen LogP contribution in [-0.4, -0.2) is 39.4 Å². The molecule has 0 amide bonds. The first-order valence-corrected chi connectivity index (χ1v) is 21.6. The molecule has 1 heterocycles. The molecule has 0 saturated carbocycles. The Morgan fingerprint density at radius 1 is 0.562 bits per heavy atom. The van der Waals surface area contributed by atoms with Crippen molar-refractivity contribution in [3.63, 3.8) is 0 Å². The van der Waals surface area contributed by atoms with Crippen molar-refractivity contribution in [1.82, 2.24) is 5.06 Å². The summed E-state index contributed by atoms with van der Waals surface area (Å²) >= 11 is 0. The maximum atomic E-state index is 7.88. The number of hydroxylamine groups is 2. The molecule has 1 radical (unpaired) electrons. The highest BCUT2D eigenvalue weighted by Gasteiger charge is 2.65. The summed E-state index contributed by atoms with van der Waals surface area (Å²) in [4.78, 5) is 0. The standard InChI is InChI=1S/C27H60NOSi3/c1-20(2)31(21(3)4,22(5)6)30(32(23(7)8,24(9)10)25(11)12)29-28-26(13,14)18-17-19-27(28,15)16/h20-25H,17-19H2,1-16H3. The third-order valence-electron chi connectivity index (χ3n) is 9.38. The fraction of sp³-hybridized carbons (Fsp3) is 1.00. The molecule has 0 aliphatic carbocycles. The lowest BCUT2D eigenvalue weighted by Gasteiger charge is -2.61. The van der Waals surface area contributed by atoms with E-state index in [0.29, 0.717) is 0 Å². The molecule has 0 spiro atoms. The molecule has 2 nitrogen and oxygen atoms in total. The van der Waals surface area contributed by atoms with Gasteiger partial charge >= 0.3 is 0 Å². The molecule has 191 valence electrons. The monoisotopic (exact) mass is 498 g/mol. The number of hydrogen-bond donors (Lipinski definition) is 0. The average molecular weight is 499 g/mol. The zero-order chi connectivity index (χ0) is 25.4. The lowest BCUT2D eigenvalue weighted by molar-refractivity contribution is -0.218. The van der Waals surface area contributed by atoms with Gasteiger partial charge in [0.25, 0.3) is 0 Å². The van der Waals surface area contributed by atoms with Crippen LogP contribution in [0.5, 0.6) is 0 Å². The van der Waals surface area contributed by atoms with Crippen LogP contribution in [0.4, 0.5) is 0 Å². The Morgan fingerprint density at radius 2 is 0.812 bits per heavy atom. The predicted molar refractivity (Wildman–Crippen MR) is 153 cm³/mol. The van der Waals surface area contributed by atoms with Crippen LogP contribution in [0, 0.1) is 0 Å². The molecular weight excluding hydrogens is 439 g/mol. The maximum absolute atomic E-state index is 7.88. The van der Waals surface area contributed by atoms with E-state index in [1.807, 2.05) is 0 Å². The van der Waals surface area contributed by atoms with Gasteiger partial charge in [0.2, 0.25) is 8.08 Å². The van der Waals surface area contributed by atoms with Gasteiger partial charge in [-0.15, -0.1) is 0 Å². The molecule has 0 N–H and O–H groups in total. The average Bonchev–Trinajstić information content (AvgIpc) is 2.56. The Labute approximate surface area is 206 Å². The van der Waals surface area contributed by atoms with Crippen LogP contribution >= 0.6 is 0 Å². The summed E-state index contributed by atoms with van der Waals surface area (Å²) < 4.78 is 7.88. The van der Waals surface area contributed by atoms with Gasteiger partial charge in [-0.1, -0.05) is 116 Å². The summed E-state index contributed by atoms with van der Waals surface area (Å²) in [5.41, 5.74) is 4.69. The largest absolute Gasteiger partial charge is 0.349 e. The smallest absolute Gasteiger partial charge is 0.215 e. The molecular formula is C27H60NOSi3. The van der Waals surface area contributed by atoms with Crippen molar-refractivity contribution in [2.45, 2.75) is 174 Å². The van der Waals surface area contributed by atoms with Gasteiger partial charge in [-0.25, -0.2) is 0 Å². The molecule has 32 heavy (non-hydrogen) atoms. The molecule has 0 aromatic heterocycles. The summed E-state index contributed by atoms with van der Waals surface area (Å²) in [7, 11) is -4.65. The fourth-order valence-electron chi connectivity index (χ4n) is 8.42. The zero-order valence-corrected chi connectivity index (χ0v) is 27.9. The second-order valence-electron chi connectivity index (χ2n) is 14.0. The van der Waals surface area contributed by atoms with Gasteiger partial charge in [-0.3, -0.25) is 0 Å². The first-order valence-electron chi connectivity index (χ1n) is 13.7. The van der Waals surface area contributed by atoms with E-state index in [1.165, 1.54) is 19.3 Å². The van der Waals surface area contributed by atoms with Gasteiger partial charge in [0.1, 0.15) is 0 Å². The van der Waals surface area contributed by atoms with Crippen molar-refractivity contribution in [2.24, 2.45) is 0 Å². The molecule has 1 rings (SSSR count). The van der Waals surface area contributed by atoms with Crippen LogP contribution in [0.1, 0.15) is 130 Å². The normalized spacial score (nSPS) is 20.7. The minimum atomic E-state index is -1.79. The second-order valence-corrected chi connectivity index (χ2v) is 34.9. The Kier molecular flexibility index (Phi) is 10.2. The molecule has 1 fully saturated rings. The summed E-state index contributed by atoms with van der Waals surface area (Å²) in [5.74, 6) is 0. The topological polar surface area (TPSA) is 12.5 Å². The maximum Gasteiger partial charge on any atom is 0.215 e. The van der Waals surface area contributed by atoms with Crippen molar-refractivity contribution in [3.05, 3.63) is 0 Å². The van der Waals surface area contributed by atoms with E-state index in [0.717, 1.165) is 33.2 Å². The van der Waals surface area contributed by atoms with Gasteiger partial charge in [0.05, 0.1) is 15.2 Å². The predicted octanol–water partition coefficient (Wildman–Crippen LogP) is 9.47. The van der Waals surface area contributed by atoms with Crippen molar-refractivity contribution in [1.29, 1.82) is 0 Å². The molecule has 0 aromatic carbocycles. The van der Waals surface area contributed by atoms with Crippen molar-refractivity contribution < 1.29 is 4.53 Å². The summed E-state index contributed by atoms with van der Waals surface area (Å²) in [6.07, 6.45) is 3.79. The van der Waals surface area contributed by atoms with E-state index in [-0.39, 0.29) is 11.1 Å². The quantitative estimate of drug-likeness (QED) is 0.278. The zero-order valence-electron chi connectivity index (χ0n) is 24.9. The number of nitrogens with zero attached hydrogens (tertiary/aromatic N) is 1. The van der Waals surface area contributed by atoms with E-state index < -0.39 is 23.3 Å². The molecule has 1 saturated heterocycles. The highest BCUT2D eigenvalue weighted by Crippen LogP contribution is 2.54. The minimum absolute atomic E-state index is 0.105. The van der Waals surface area contributed by atoms with Crippen LogP contribution in [0.3, 0.4) is 0 Å². The van der Waals surface area contributed by atoms with Crippen LogP contribution in [0.2, 0.25) is 33.2 Å². The SMILES string of the molecule is CC(C)[Si](C(C)C)(C(C)C)[Si](ON1C(C)(C)CCCC1(C)C)[Si](C(C)C)(C(C)C)C(C)C. The fourth-order valence-corrected chi connectivity index (χ4v) is 56.8. The first-order chi connectivity index (χ1) is 14.3. The molecule has 0 aromatic rings. The third-order valence-corrected chi connectivity index (χ3v) is 46.2. The third kappa shape index (κ3) is 5.08. The minimum Gasteiger partial charge on any atom is -0.349 e. The van der Waals surface area contributed by atoms with Gasteiger partial charge in [-0.2, -0.15) is 5.06 Å². The van der Waals surface area contributed by atoms with Crippen LogP contribution in [0.15, 0.2) is 0 Å². The Balaban J connectivity index is 4.01. The first kappa shape index (κ1) is 30.6. The van der Waals surface area contributed by atoms with Crippen LogP contribution in [0.25, 0.3) is 0 Å². The highest BCUT2D eigenvalue weighted by molar-refractivity contribution is 7.61. The molecule has 5 heteroatoms. The van der Waals surface area contributed by atoms with Gasteiger partial charge < -0.3 is 4.53 Å². The second kappa shape index (κ2) is 10.7. The van der Waals surface area contributed by atoms with Crippen molar-refractivity contribution >= 4 is 23.3 Å². The molecule has 1 aliphatic rings. The molecule has 0 unspecified atom stereocenters. The van der Waals surface area contributed by atoms with E-state index in [2.05, 4.69) is 116 Å². The highest BCUT2D eigenvalue weighted by atomic mass is 29.6. The molecule has 0 bridgehead atoms. The van der Waals surface area contributed by atoms with Crippen molar-refractivity contribution in [3.8, 4) is 0 Å². The van der Waals surface area contributed by atoms with Crippen molar-refractivity contribution in [2.75, 3.05) is 0 Å². The van der Waals surface area contributed by atoms with Gasteiger partial charge in [-0.05, 0) is 47.0 Å². The summed E-state index contributed by atoms with van der Waals surface area (Å²) in [5, 5.41) is 2.58. The van der Waals surface area contributed by atoms with Gasteiger partial charge in [0, 0.05) is 11.1 Å². The van der Waals surface area contributed by atoms with E-state index >= 15 is 0 Å². The van der Waals surface area contributed by atoms with Gasteiger partial charge in [0.15, 0.2) is 0 Å². The molecule has 1 aliphatic heterocycles. The summed E-state index contributed by atoms with van der Waals surface area (Å²) in [6.45, 7) is 40.5. The lowest BCUT2D eigenvalue weighted by atomic mass is 9.82. The Morgan fingerprint density at radius 3 is 1.03 bits per heavy atom. The lowest BCUT2D eigenvalue weighted by Crippen LogP contribution is -2.77. The number of rotatable bonds is 10. The number of piperidine rings is 1. The van der Waals surface area contributed by atoms with Crippen LogP contribution in [-0.2, 0) is 4.53 Å². The van der Waals surface area contributed by atoms with E-state index in [9.17, 15) is 0 Å². The Bertz CT molecular complexity index is 504. The Hall–Kier alpha value is 0.571. The molecule has 0 atom stereocenters. The summed E-state index contributed by atoms with van der Waals surface area (Å²) in [6, 6.07) is 0. The number of hydrogen-bond acceptors (Lipinski definition) is 2.